The molecule has 0 bridgehead atoms. The Morgan fingerprint density at radius 2 is 1.17 bits per heavy atom. The molecule has 126 valence electrons. The van der Waals surface area contributed by atoms with E-state index in [1.54, 1.807) is 0 Å². The van der Waals surface area contributed by atoms with E-state index in [4.69, 9.17) is 9.98 Å². The Bertz CT molecular complexity index is 695. The molecule has 2 heteroatoms. The van der Waals surface area contributed by atoms with Crippen molar-refractivity contribution in [2.24, 2.45) is 9.98 Å². The second-order valence-corrected chi connectivity index (χ2v) is 6.58. The van der Waals surface area contributed by atoms with Crippen LogP contribution in [0.2, 0.25) is 0 Å². The molecule has 3 rings (SSSR count). The van der Waals surface area contributed by atoms with E-state index >= 15 is 0 Å². The van der Waals surface area contributed by atoms with Crippen LogP contribution in [-0.2, 0) is 0 Å². The molecule has 0 fully saturated rings. The first-order valence-corrected chi connectivity index (χ1v) is 9.48. The van der Waals surface area contributed by atoms with Gasteiger partial charge in [-0.05, 0) is 18.2 Å². The van der Waals surface area contributed by atoms with Gasteiger partial charge in [0.05, 0.1) is 11.4 Å². The summed E-state index contributed by atoms with van der Waals surface area (Å²) in [5, 5.41) is 2.63. The van der Waals surface area contributed by atoms with Gasteiger partial charge in [-0.3, -0.25) is 9.98 Å². The summed E-state index contributed by atoms with van der Waals surface area (Å²) in [6.07, 6.45) is 7.29. The largest absolute Gasteiger partial charge is 0.282 e. The Hall–Kier alpha value is -1.96. The SMILES string of the molecule is CCCCCN=C1C(=NCCCCC)c2cccc3cccc1c23. The zero-order valence-electron chi connectivity index (χ0n) is 15.0. The summed E-state index contributed by atoms with van der Waals surface area (Å²) in [5.41, 5.74) is 4.78. The zero-order valence-corrected chi connectivity index (χ0v) is 15.0. The van der Waals surface area contributed by atoms with Gasteiger partial charge in [-0.1, -0.05) is 75.9 Å². The maximum atomic E-state index is 4.97. The molecular weight excluding hydrogens is 292 g/mol. The van der Waals surface area contributed by atoms with E-state index < -0.39 is 0 Å². The molecule has 0 aromatic heterocycles. The lowest BCUT2D eigenvalue weighted by atomic mass is 10.1. The van der Waals surface area contributed by atoms with Gasteiger partial charge in [0.15, 0.2) is 0 Å². The monoisotopic (exact) mass is 320 g/mol. The van der Waals surface area contributed by atoms with Crippen molar-refractivity contribution >= 4 is 22.2 Å². The van der Waals surface area contributed by atoms with Crippen molar-refractivity contribution in [1.82, 2.24) is 0 Å². The fourth-order valence-electron chi connectivity index (χ4n) is 3.42. The molecule has 0 aliphatic heterocycles. The Labute approximate surface area is 145 Å². The first-order valence-electron chi connectivity index (χ1n) is 9.48. The molecule has 0 N–H and O–H groups in total. The van der Waals surface area contributed by atoms with Crippen LogP contribution in [0, 0.1) is 0 Å². The van der Waals surface area contributed by atoms with Gasteiger partial charge in [-0.25, -0.2) is 0 Å². The summed E-state index contributed by atoms with van der Waals surface area (Å²) >= 11 is 0. The van der Waals surface area contributed by atoms with Crippen molar-refractivity contribution < 1.29 is 0 Å². The molecule has 0 spiro atoms. The van der Waals surface area contributed by atoms with Crippen LogP contribution in [0.15, 0.2) is 46.4 Å². The molecule has 2 aromatic rings. The third-order valence-corrected chi connectivity index (χ3v) is 4.70. The summed E-state index contributed by atoms with van der Waals surface area (Å²) in [7, 11) is 0. The van der Waals surface area contributed by atoms with Crippen LogP contribution in [0.1, 0.15) is 63.5 Å². The predicted molar refractivity (Wildman–Crippen MR) is 106 cm³/mol. The number of aliphatic imine (C=N–C) groups is 2. The lowest BCUT2D eigenvalue weighted by molar-refractivity contribution is 0.727. The van der Waals surface area contributed by atoms with Crippen molar-refractivity contribution in [3.63, 3.8) is 0 Å². The van der Waals surface area contributed by atoms with E-state index in [0.717, 1.165) is 37.4 Å². The topological polar surface area (TPSA) is 24.7 Å². The van der Waals surface area contributed by atoms with Gasteiger partial charge in [0.1, 0.15) is 0 Å². The third-order valence-electron chi connectivity index (χ3n) is 4.70. The van der Waals surface area contributed by atoms with Gasteiger partial charge in [0, 0.05) is 29.6 Å². The summed E-state index contributed by atoms with van der Waals surface area (Å²) in [6, 6.07) is 13.1. The van der Waals surface area contributed by atoms with E-state index in [9.17, 15) is 0 Å². The molecule has 1 aliphatic carbocycles. The van der Waals surface area contributed by atoms with Gasteiger partial charge in [0.25, 0.3) is 0 Å². The first kappa shape index (κ1) is 16.9. The van der Waals surface area contributed by atoms with Crippen LogP contribution in [-0.4, -0.2) is 24.5 Å². The number of rotatable bonds is 8. The average molecular weight is 320 g/mol. The van der Waals surface area contributed by atoms with E-state index in [1.807, 2.05) is 0 Å². The Balaban J connectivity index is 1.97. The minimum absolute atomic E-state index is 0.904. The molecule has 0 atom stereocenters. The highest BCUT2D eigenvalue weighted by Gasteiger charge is 2.26. The normalized spacial score (nSPS) is 16.6. The van der Waals surface area contributed by atoms with Gasteiger partial charge < -0.3 is 0 Å². The van der Waals surface area contributed by atoms with Crippen molar-refractivity contribution in [3.8, 4) is 0 Å². The molecule has 2 aromatic carbocycles. The second-order valence-electron chi connectivity index (χ2n) is 6.58. The van der Waals surface area contributed by atoms with Crippen LogP contribution >= 0.6 is 0 Å². The average Bonchev–Trinajstić information content (AvgIpc) is 2.91. The first-order chi connectivity index (χ1) is 11.9. The van der Waals surface area contributed by atoms with Crippen molar-refractivity contribution in [2.45, 2.75) is 52.4 Å². The van der Waals surface area contributed by atoms with Crippen molar-refractivity contribution in [3.05, 3.63) is 47.5 Å². The van der Waals surface area contributed by atoms with E-state index in [-0.39, 0.29) is 0 Å². The minimum Gasteiger partial charge on any atom is -0.282 e. The van der Waals surface area contributed by atoms with Gasteiger partial charge >= 0.3 is 0 Å². The van der Waals surface area contributed by atoms with Crippen molar-refractivity contribution in [2.75, 3.05) is 13.1 Å². The molecular formula is C22H28N2. The zero-order chi connectivity index (χ0) is 16.8. The third kappa shape index (κ3) is 3.43. The highest BCUT2D eigenvalue weighted by atomic mass is 14.8. The van der Waals surface area contributed by atoms with E-state index in [2.05, 4.69) is 50.2 Å². The lowest BCUT2D eigenvalue weighted by Crippen LogP contribution is -2.12. The van der Waals surface area contributed by atoms with Gasteiger partial charge in [-0.2, -0.15) is 0 Å². The number of benzene rings is 2. The molecule has 24 heavy (non-hydrogen) atoms. The number of hydrogen-bond donors (Lipinski definition) is 0. The number of unbranched alkanes of at least 4 members (excludes halogenated alkanes) is 4. The standard InChI is InChI=1S/C22H28N2/c1-3-5-7-15-23-21-18-13-9-11-17-12-10-14-19(20(17)18)22(21)24-16-8-6-4-2/h9-14H,3-8,15-16H2,1-2H3. The second kappa shape index (κ2) is 8.23. The highest BCUT2D eigenvalue weighted by Crippen LogP contribution is 2.31. The lowest BCUT2D eigenvalue weighted by Gasteiger charge is -2.04. The summed E-state index contributed by atoms with van der Waals surface area (Å²) in [4.78, 5) is 9.93. The quantitative estimate of drug-likeness (QED) is 0.548. The highest BCUT2D eigenvalue weighted by molar-refractivity contribution is 6.60. The molecule has 1 aliphatic rings. The van der Waals surface area contributed by atoms with E-state index in [0.29, 0.717) is 0 Å². The van der Waals surface area contributed by atoms with Crippen molar-refractivity contribution in [1.29, 1.82) is 0 Å². The minimum atomic E-state index is 0.904. The molecule has 0 heterocycles. The summed E-state index contributed by atoms with van der Waals surface area (Å²) < 4.78 is 0. The fraction of sp³-hybridized carbons (Fsp3) is 0.455. The maximum absolute atomic E-state index is 4.97. The van der Waals surface area contributed by atoms with Gasteiger partial charge in [-0.15, -0.1) is 0 Å². The molecule has 0 saturated heterocycles. The Kier molecular flexibility index (Phi) is 5.79. The fourth-order valence-corrected chi connectivity index (χ4v) is 3.42. The molecule has 0 saturated carbocycles. The summed E-state index contributed by atoms with van der Waals surface area (Å²) in [5.74, 6) is 0. The molecule has 0 amide bonds. The smallest absolute Gasteiger partial charge is 0.0911 e. The molecule has 0 radical (unpaired) electrons. The number of hydrogen-bond acceptors (Lipinski definition) is 2. The predicted octanol–water partition coefficient (Wildman–Crippen LogP) is 5.81. The van der Waals surface area contributed by atoms with Crippen LogP contribution in [0.5, 0.6) is 0 Å². The maximum Gasteiger partial charge on any atom is 0.0911 e. The Morgan fingerprint density at radius 3 is 1.62 bits per heavy atom. The van der Waals surface area contributed by atoms with E-state index in [1.165, 1.54) is 47.6 Å². The molecule has 0 unspecified atom stereocenters. The molecule has 2 nitrogen and oxygen atoms in total. The van der Waals surface area contributed by atoms with Crippen LogP contribution in [0.25, 0.3) is 10.8 Å². The van der Waals surface area contributed by atoms with Gasteiger partial charge in [0.2, 0.25) is 0 Å². The van der Waals surface area contributed by atoms with Crippen LogP contribution < -0.4 is 0 Å². The van der Waals surface area contributed by atoms with Crippen LogP contribution in [0.3, 0.4) is 0 Å². The summed E-state index contributed by atoms with van der Waals surface area (Å²) in [6.45, 7) is 6.28. The number of nitrogens with zero attached hydrogens (tertiary/aromatic N) is 2. The van der Waals surface area contributed by atoms with Crippen LogP contribution in [0.4, 0.5) is 0 Å². The Morgan fingerprint density at radius 1 is 0.667 bits per heavy atom.